The highest BCUT2D eigenvalue weighted by Gasteiger charge is 2.23. The van der Waals surface area contributed by atoms with Crippen molar-refractivity contribution in [1.82, 2.24) is 4.90 Å². The van der Waals surface area contributed by atoms with E-state index in [1.165, 1.54) is 29.5 Å². The lowest BCUT2D eigenvalue weighted by Crippen LogP contribution is -2.18. The first-order valence-corrected chi connectivity index (χ1v) is 8.68. The molecular weight excluding hydrogens is 278 g/mol. The van der Waals surface area contributed by atoms with E-state index in [-0.39, 0.29) is 5.41 Å². The second-order valence-electron chi connectivity index (χ2n) is 7.75. The van der Waals surface area contributed by atoms with Crippen LogP contribution in [0.5, 0.6) is 0 Å². The van der Waals surface area contributed by atoms with Crippen LogP contribution >= 0.6 is 0 Å². The van der Waals surface area contributed by atoms with Gasteiger partial charge in [0.25, 0.3) is 0 Å². The zero-order chi connectivity index (χ0) is 16.9. The van der Waals surface area contributed by atoms with Gasteiger partial charge in [-0.2, -0.15) is 0 Å². The van der Waals surface area contributed by atoms with Gasteiger partial charge >= 0.3 is 0 Å². The number of hydrogen-bond donors (Lipinski definition) is 0. The van der Waals surface area contributed by atoms with Crippen molar-refractivity contribution in [1.29, 1.82) is 0 Å². The fourth-order valence-electron chi connectivity index (χ4n) is 3.28. The van der Waals surface area contributed by atoms with Gasteiger partial charge in [0.1, 0.15) is 0 Å². The molecular formula is C22H31N. The summed E-state index contributed by atoms with van der Waals surface area (Å²) in [6.45, 7) is 8.08. The molecule has 124 valence electrons. The van der Waals surface area contributed by atoms with Crippen LogP contribution in [0, 0.1) is 0 Å². The van der Waals surface area contributed by atoms with Gasteiger partial charge in [-0.1, -0.05) is 75.4 Å². The summed E-state index contributed by atoms with van der Waals surface area (Å²) in [4.78, 5) is 2.28. The van der Waals surface area contributed by atoms with Gasteiger partial charge in [0, 0.05) is 5.92 Å². The van der Waals surface area contributed by atoms with Crippen LogP contribution in [0.4, 0.5) is 0 Å². The lowest BCUT2D eigenvalue weighted by molar-refractivity contribution is 0.389. The Hall–Kier alpha value is -1.60. The summed E-state index contributed by atoms with van der Waals surface area (Å²) in [5.41, 5.74) is 4.57. The first-order valence-electron chi connectivity index (χ1n) is 8.68. The Morgan fingerprint density at radius 1 is 0.870 bits per heavy atom. The lowest BCUT2D eigenvalue weighted by Gasteiger charge is -2.28. The largest absolute Gasteiger partial charge is 0.309 e. The molecule has 0 spiro atoms. The summed E-state index contributed by atoms with van der Waals surface area (Å²) in [5, 5.41) is 0. The Balaban J connectivity index is 2.38. The summed E-state index contributed by atoms with van der Waals surface area (Å²) in [6.07, 6.45) is 2.40. The maximum absolute atomic E-state index is 2.33. The first-order chi connectivity index (χ1) is 10.9. The molecule has 0 saturated heterocycles. The SMILES string of the molecule is CN(C)CCCC(c1ccccc1)c1ccccc1C(C)(C)C. The lowest BCUT2D eigenvalue weighted by atomic mass is 9.77. The van der Waals surface area contributed by atoms with Gasteiger partial charge < -0.3 is 4.90 Å². The highest BCUT2D eigenvalue weighted by atomic mass is 15.0. The molecule has 0 heterocycles. The van der Waals surface area contributed by atoms with Gasteiger partial charge in [0.05, 0.1) is 0 Å². The maximum atomic E-state index is 2.33. The fourth-order valence-corrected chi connectivity index (χ4v) is 3.28. The van der Waals surface area contributed by atoms with Crippen molar-refractivity contribution in [3.63, 3.8) is 0 Å². The Bertz CT molecular complexity index is 593. The minimum Gasteiger partial charge on any atom is -0.309 e. The van der Waals surface area contributed by atoms with Crippen molar-refractivity contribution in [2.75, 3.05) is 20.6 Å². The molecule has 1 unspecified atom stereocenters. The minimum atomic E-state index is 0.172. The van der Waals surface area contributed by atoms with E-state index in [0.717, 1.165) is 6.54 Å². The van der Waals surface area contributed by atoms with Crippen molar-refractivity contribution < 1.29 is 0 Å². The Morgan fingerprint density at radius 2 is 1.48 bits per heavy atom. The van der Waals surface area contributed by atoms with Gasteiger partial charge in [-0.05, 0) is 55.6 Å². The van der Waals surface area contributed by atoms with Crippen LogP contribution in [0.2, 0.25) is 0 Å². The monoisotopic (exact) mass is 309 g/mol. The Labute approximate surface area is 142 Å². The minimum absolute atomic E-state index is 0.172. The van der Waals surface area contributed by atoms with E-state index in [4.69, 9.17) is 0 Å². The van der Waals surface area contributed by atoms with Crippen LogP contribution < -0.4 is 0 Å². The molecule has 0 bridgehead atoms. The molecule has 2 aromatic carbocycles. The maximum Gasteiger partial charge on any atom is 0.00927 e. The van der Waals surface area contributed by atoms with Crippen LogP contribution in [0.15, 0.2) is 54.6 Å². The van der Waals surface area contributed by atoms with Crippen LogP contribution in [0.1, 0.15) is 56.2 Å². The average Bonchev–Trinajstić information content (AvgIpc) is 2.51. The normalized spacial score (nSPS) is 13.3. The molecule has 23 heavy (non-hydrogen) atoms. The summed E-state index contributed by atoms with van der Waals surface area (Å²) < 4.78 is 0. The molecule has 2 rings (SSSR count). The van der Waals surface area contributed by atoms with E-state index in [1.54, 1.807) is 0 Å². The second kappa shape index (κ2) is 7.79. The molecule has 0 aromatic heterocycles. The topological polar surface area (TPSA) is 3.24 Å². The molecule has 1 atom stereocenters. The van der Waals surface area contributed by atoms with Crippen LogP contribution in [-0.4, -0.2) is 25.5 Å². The van der Waals surface area contributed by atoms with E-state index < -0.39 is 0 Å². The molecule has 0 aliphatic rings. The average molecular weight is 309 g/mol. The third-order valence-electron chi connectivity index (χ3n) is 4.44. The molecule has 0 aliphatic carbocycles. The van der Waals surface area contributed by atoms with E-state index in [0.29, 0.717) is 5.92 Å². The first kappa shape index (κ1) is 17.7. The third kappa shape index (κ3) is 4.94. The Morgan fingerprint density at radius 3 is 2.09 bits per heavy atom. The standard InChI is InChI=1S/C22H31N/c1-22(2,3)21-16-10-9-14-20(21)19(15-11-17-23(4)5)18-12-7-6-8-13-18/h6-10,12-14,16,19H,11,15,17H2,1-5H3. The summed E-state index contributed by atoms with van der Waals surface area (Å²) in [7, 11) is 4.31. The number of benzene rings is 2. The van der Waals surface area contributed by atoms with E-state index >= 15 is 0 Å². The zero-order valence-electron chi connectivity index (χ0n) is 15.3. The number of nitrogens with zero attached hydrogens (tertiary/aromatic N) is 1. The molecule has 0 N–H and O–H groups in total. The third-order valence-corrected chi connectivity index (χ3v) is 4.44. The summed E-state index contributed by atoms with van der Waals surface area (Å²) >= 11 is 0. The molecule has 0 aliphatic heterocycles. The van der Waals surface area contributed by atoms with E-state index in [2.05, 4.69) is 94.4 Å². The molecule has 0 amide bonds. The van der Waals surface area contributed by atoms with Gasteiger partial charge in [0.2, 0.25) is 0 Å². The van der Waals surface area contributed by atoms with Gasteiger partial charge in [0.15, 0.2) is 0 Å². The van der Waals surface area contributed by atoms with Crippen LogP contribution in [0.25, 0.3) is 0 Å². The quantitative estimate of drug-likeness (QED) is 0.685. The molecule has 0 radical (unpaired) electrons. The van der Waals surface area contributed by atoms with E-state index in [9.17, 15) is 0 Å². The van der Waals surface area contributed by atoms with Gasteiger partial charge in [-0.15, -0.1) is 0 Å². The summed E-state index contributed by atoms with van der Waals surface area (Å²) in [5.74, 6) is 0.478. The highest BCUT2D eigenvalue weighted by molar-refractivity contribution is 5.41. The second-order valence-corrected chi connectivity index (χ2v) is 7.75. The predicted octanol–water partition coefficient (Wildman–Crippen LogP) is 5.46. The Kier molecular flexibility index (Phi) is 6.01. The molecule has 1 nitrogen and oxygen atoms in total. The van der Waals surface area contributed by atoms with Crippen LogP contribution in [0.3, 0.4) is 0 Å². The fraction of sp³-hybridized carbons (Fsp3) is 0.455. The molecule has 1 heteroatoms. The van der Waals surface area contributed by atoms with Crippen molar-refractivity contribution in [2.45, 2.75) is 44.9 Å². The number of hydrogen-bond acceptors (Lipinski definition) is 1. The van der Waals surface area contributed by atoms with Gasteiger partial charge in [-0.25, -0.2) is 0 Å². The number of rotatable bonds is 6. The molecule has 2 aromatic rings. The van der Waals surface area contributed by atoms with Crippen molar-refractivity contribution in [3.8, 4) is 0 Å². The van der Waals surface area contributed by atoms with Crippen LogP contribution in [-0.2, 0) is 5.41 Å². The predicted molar refractivity (Wildman–Crippen MR) is 101 cm³/mol. The zero-order valence-corrected chi connectivity index (χ0v) is 15.3. The van der Waals surface area contributed by atoms with E-state index in [1.807, 2.05) is 0 Å². The molecule has 0 saturated carbocycles. The smallest absolute Gasteiger partial charge is 0.00927 e. The highest BCUT2D eigenvalue weighted by Crippen LogP contribution is 2.36. The van der Waals surface area contributed by atoms with Crippen molar-refractivity contribution in [3.05, 3.63) is 71.3 Å². The van der Waals surface area contributed by atoms with Gasteiger partial charge in [-0.3, -0.25) is 0 Å². The van der Waals surface area contributed by atoms with Crippen molar-refractivity contribution in [2.24, 2.45) is 0 Å². The molecule has 0 fully saturated rings. The summed E-state index contributed by atoms with van der Waals surface area (Å²) in [6, 6.07) is 20.0. The van der Waals surface area contributed by atoms with Crippen molar-refractivity contribution >= 4 is 0 Å².